The number of carbonyl (C=O) groups excluding carboxylic acids is 4. The van der Waals surface area contributed by atoms with Crippen molar-refractivity contribution in [2.75, 3.05) is 0 Å². The number of piperidine rings is 1. The molecule has 0 bridgehead atoms. The highest BCUT2D eigenvalue weighted by Crippen LogP contribution is 2.30. The molecule has 166 valence electrons. The summed E-state index contributed by atoms with van der Waals surface area (Å²) in [6.45, 7) is -3.50. The Morgan fingerprint density at radius 2 is 2.03 bits per heavy atom. The minimum atomic E-state index is -4.25. The largest absolute Gasteiger partial charge is 0.349 e. The molecule has 0 spiro atoms. The maximum absolute atomic E-state index is 14.8. The summed E-state index contributed by atoms with van der Waals surface area (Å²) in [6, 6.07) is 4.76. The number of amides is 4. The molecule has 4 amide bonds. The van der Waals surface area contributed by atoms with Gasteiger partial charge in [0.25, 0.3) is 11.8 Å². The fraction of sp³-hybridized carbons (Fsp3) is 0.273. The molecule has 2 heterocycles. The van der Waals surface area contributed by atoms with E-state index in [4.69, 9.17) is 18.5 Å². The minimum absolute atomic E-state index is 0.0440. The van der Waals surface area contributed by atoms with Gasteiger partial charge in [-0.1, -0.05) is 35.9 Å². The molecular formula is C22H18ClF2N3O4. The fourth-order valence-corrected chi connectivity index (χ4v) is 3.44. The Hall–Kier alpha value is -3.33. The average Bonchev–Trinajstić information content (AvgIpc) is 3.17. The van der Waals surface area contributed by atoms with Crippen LogP contribution in [-0.2, 0) is 33.3 Å². The van der Waals surface area contributed by atoms with Gasteiger partial charge in [0, 0.05) is 37.0 Å². The molecule has 1 saturated heterocycles. The van der Waals surface area contributed by atoms with E-state index in [1.165, 1.54) is 0 Å². The van der Waals surface area contributed by atoms with Crippen LogP contribution >= 0.6 is 11.6 Å². The molecule has 0 aliphatic carbocycles. The van der Waals surface area contributed by atoms with Crippen LogP contribution in [0.4, 0.5) is 8.78 Å². The normalized spacial score (nSPS) is 25.7. The van der Waals surface area contributed by atoms with Crippen molar-refractivity contribution in [3.05, 3.63) is 69.7 Å². The SMILES string of the molecule is [2H]C1CC(=O)NC(=O)C1([2H])N1Cc2cc(C([2H])([2H])N([2H])C(=O)C(F)(F)c3ccc(Cl)cc3)ccc2C1=O. The molecule has 10 heteroatoms. The number of fused-ring (bicyclic) bond motifs is 1. The lowest BCUT2D eigenvalue weighted by molar-refractivity contribution is -0.147. The Morgan fingerprint density at radius 1 is 1.31 bits per heavy atom. The number of hydrogen-bond donors (Lipinski definition) is 2. The molecule has 2 unspecified atom stereocenters. The van der Waals surface area contributed by atoms with Crippen molar-refractivity contribution in [2.24, 2.45) is 0 Å². The summed E-state index contributed by atoms with van der Waals surface area (Å²) in [6.07, 6.45) is -2.09. The highest BCUT2D eigenvalue weighted by molar-refractivity contribution is 6.30. The van der Waals surface area contributed by atoms with E-state index in [2.05, 4.69) is 0 Å². The van der Waals surface area contributed by atoms with Crippen LogP contribution in [0.2, 0.25) is 6.43 Å². The van der Waals surface area contributed by atoms with Gasteiger partial charge in [-0.3, -0.25) is 24.5 Å². The Kier molecular flexibility index (Phi) is 4.24. The standard InChI is InChI=1S/C22H18ClF2N3O4/c23-15-4-2-14(3-5-15)22(24,25)21(32)26-10-12-1-6-16-13(9-12)11-28(20(16)31)17-7-8-18(29)27-19(17)30/h1-6,9,17H,7-8,10-11H2,(H,26,32)(H,27,29,30)/i7D,10D2,17D/hD. The van der Waals surface area contributed by atoms with Gasteiger partial charge in [-0.05, 0) is 35.7 Å². The van der Waals surface area contributed by atoms with E-state index in [0.29, 0.717) is 0 Å². The van der Waals surface area contributed by atoms with Crippen molar-refractivity contribution in [1.82, 2.24) is 15.5 Å². The van der Waals surface area contributed by atoms with Crippen molar-refractivity contribution >= 4 is 35.2 Å². The molecule has 0 saturated carbocycles. The van der Waals surface area contributed by atoms with E-state index < -0.39 is 77.9 Å². The van der Waals surface area contributed by atoms with Crippen LogP contribution < -0.4 is 10.6 Å². The van der Waals surface area contributed by atoms with Gasteiger partial charge in [0.05, 0.1) is 4.11 Å². The van der Waals surface area contributed by atoms with E-state index in [0.717, 1.165) is 47.4 Å². The zero-order chi connectivity index (χ0) is 27.5. The monoisotopic (exact) mass is 466 g/mol. The minimum Gasteiger partial charge on any atom is -0.346 e. The zero-order valence-electron chi connectivity index (χ0n) is 21.2. The number of nitrogens with one attached hydrogen (secondary N) is 2. The molecule has 2 aromatic carbocycles. The van der Waals surface area contributed by atoms with Gasteiger partial charge in [-0.2, -0.15) is 8.78 Å². The highest BCUT2D eigenvalue weighted by atomic mass is 35.5. The number of hydrogen-bond acceptors (Lipinski definition) is 4. The lowest BCUT2D eigenvalue weighted by Gasteiger charge is -2.29. The van der Waals surface area contributed by atoms with Gasteiger partial charge in [0.2, 0.25) is 11.8 Å². The molecule has 7 nitrogen and oxygen atoms in total. The summed E-state index contributed by atoms with van der Waals surface area (Å²) >= 11 is 5.68. The van der Waals surface area contributed by atoms with Crippen LogP contribution in [0.5, 0.6) is 0 Å². The molecule has 32 heavy (non-hydrogen) atoms. The van der Waals surface area contributed by atoms with Gasteiger partial charge < -0.3 is 10.2 Å². The Morgan fingerprint density at radius 3 is 2.72 bits per heavy atom. The first kappa shape index (κ1) is 16.3. The predicted octanol–water partition coefficient (Wildman–Crippen LogP) is 2.51. The maximum Gasteiger partial charge on any atom is 0.349 e. The number of benzene rings is 2. The van der Waals surface area contributed by atoms with Crippen molar-refractivity contribution in [3.63, 3.8) is 0 Å². The second-order valence-electron chi connectivity index (χ2n) is 7.04. The first-order valence-corrected chi connectivity index (χ1v) is 9.69. The number of nitrogens with zero attached hydrogens (tertiary/aromatic N) is 1. The molecule has 2 aliphatic rings. The second-order valence-corrected chi connectivity index (χ2v) is 7.48. The zero-order valence-corrected chi connectivity index (χ0v) is 17.0. The Balaban J connectivity index is 1.62. The topological polar surface area (TPSA) is 95.6 Å². The molecule has 4 rings (SSSR count). The second kappa shape index (κ2) is 8.31. The molecule has 2 aromatic rings. The highest BCUT2D eigenvalue weighted by Gasteiger charge is 2.41. The van der Waals surface area contributed by atoms with Crippen LogP contribution in [0.1, 0.15) is 45.3 Å². The van der Waals surface area contributed by atoms with Crippen molar-refractivity contribution in [1.29, 1.82) is 0 Å². The fourth-order valence-electron chi connectivity index (χ4n) is 3.31. The van der Waals surface area contributed by atoms with Crippen LogP contribution in [0.25, 0.3) is 0 Å². The smallest absolute Gasteiger partial charge is 0.346 e. The number of halogens is 3. The maximum atomic E-state index is 14.8. The van der Waals surface area contributed by atoms with E-state index in [9.17, 15) is 28.0 Å². The Bertz CT molecular complexity index is 1330. The molecular weight excluding hydrogens is 444 g/mol. The quantitative estimate of drug-likeness (QED) is 0.662. The summed E-state index contributed by atoms with van der Waals surface area (Å²) in [4.78, 5) is 50.1. The average molecular weight is 467 g/mol. The molecule has 0 radical (unpaired) electrons. The first-order valence-electron chi connectivity index (χ1n) is 11.8. The van der Waals surface area contributed by atoms with E-state index in [1.54, 1.807) is 0 Å². The van der Waals surface area contributed by atoms with Gasteiger partial charge in [-0.25, -0.2) is 0 Å². The predicted molar refractivity (Wildman–Crippen MR) is 110 cm³/mol. The molecule has 1 fully saturated rings. The van der Waals surface area contributed by atoms with Crippen LogP contribution in [-0.4, -0.2) is 34.5 Å². The summed E-state index contributed by atoms with van der Waals surface area (Å²) in [7, 11) is 0. The van der Waals surface area contributed by atoms with Gasteiger partial charge in [-0.15, -0.1) is 0 Å². The van der Waals surface area contributed by atoms with E-state index in [-0.39, 0.29) is 16.1 Å². The molecule has 0 aromatic heterocycles. The van der Waals surface area contributed by atoms with Crippen molar-refractivity contribution < 1.29 is 34.9 Å². The third kappa shape index (κ3) is 4.08. The molecule has 2 aliphatic heterocycles. The summed E-state index contributed by atoms with van der Waals surface area (Å²) in [5.41, 5.74) is -1.17. The number of carbonyl (C=O) groups is 4. The van der Waals surface area contributed by atoms with Crippen LogP contribution in [0.15, 0.2) is 42.5 Å². The van der Waals surface area contributed by atoms with Gasteiger partial charge >= 0.3 is 5.92 Å². The number of alkyl halides is 2. The van der Waals surface area contributed by atoms with Crippen molar-refractivity contribution in [3.8, 4) is 0 Å². The van der Waals surface area contributed by atoms with E-state index in [1.807, 2.05) is 5.32 Å². The van der Waals surface area contributed by atoms with Gasteiger partial charge in [0.1, 0.15) is 6.02 Å². The Labute approximate surface area is 193 Å². The summed E-state index contributed by atoms with van der Waals surface area (Å²) in [5.74, 6) is -9.15. The molecule has 2 N–H and O–H groups in total. The third-order valence-electron chi connectivity index (χ3n) is 4.93. The number of imide groups is 1. The molecule has 2 atom stereocenters. The van der Waals surface area contributed by atoms with Crippen LogP contribution in [0.3, 0.4) is 0 Å². The lowest BCUT2D eigenvalue weighted by atomic mass is 10.0. The summed E-state index contributed by atoms with van der Waals surface area (Å²) < 4.78 is 70.5. The summed E-state index contributed by atoms with van der Waals surface area (Å²) in [5, 5.41) is 1.57. The lowest BCUT2D eigenvalue weighted by Crippen LogP contribution is -2.52. The third-order valence-corrected chi connectivity index (χ3v) is 5.18. The van der Waals surface area contributed by atoms with Crippen molar-refractivity contribution in [2.45, 2.75) is 37.8 Å². The van der Waals surface area contributed by atoms with Gasteiger partial charge in [0.15, 0.2) is 1.41 Å². The van der Waals surface area contributed by atoms with Crippen LogP contribution in [0, 0.1) is 0 Å². The first-order chi connectivity index (χ1) is 17.1. The number of rotatable bonds is 5. The van der Waals surface area contributed by atoms with E-state index >= 15 is 0 Å².